The first-order chi connectivity index (χ1) is 8.60. The fourth-order valence-electron chi connectivity index (χ4n) is 1.95. The van der Waals surface area contributed by atoms with E-state index in [0.29, 0.717) is 5.56 Å². The topological polar surface area (TPSA) is 12.0 Å². The third kappa shape index (κ3) is 3.05. The third-order valence-electron chi connectivity index (χ3n) is 2.69. The van der Waals surface area contributed by atoms with Crippen molar-refractivity contribution in [1.82, 2.24) is 5.32 Å². The molecule has 4 heteroatoms. The quantitative estimate of drug-likeness (QED) is 0.821. The zero-order valence-corrected chi connectivity index (χ0v) is 11.9. The van der Waals surface area contributed by atoms with Crippen molar-refractivity contribution in [2.24, 2.45) is 0 Å². The lowest BCUT2D eigenvalue weighted by atomic mass is 9.99. The average molecular weight is 359 g/mol. The Bertz CT molecular complexity index is 537. The summed E-state index contributed by atoms with van der Waals surface area (Å²) in [6.45, 7) is 0. The maximum atomic E-state index is 13.3. The second kappa shape index (κ2) is 5.75. The van der Waals surface area contributed by atoms with Crippen LogP contribution in [0.15, 0.2) is 42.5 Å². The van der Waals surface area contributed by atoms with E-state index in [0.717, 1.165) is 15.2 Å². The van der Waals surface area contributed by atoms with Crippen LogP contribution in [0.3, 0.4) is 0 Å². The van der Waals surface area contributed by atoms with Gasteiger partial charge >= 0.3 is 0 Å². The predicted octanol–water partition coefficient (Wildman–Crippen LogP) is 3.88. The van der Waals surface area contributed by atoms with Gasteiger partial charge in [0, 0.05) is 9.64 Å². The molecule has 1 nitrogen and oxygen atoms in total. The van der Waals surface area contributed by atoms with Crippen LogP contribution in [0.1, 0.15) is 17.2 Å². The molecule has 0 aliphatic rings. The van der Waals surface area contributed by atoms with Gasteiger partial charge in [-0.05, 0) is 65.0 Å². The van der Waals surface area contributed by atoms with Gasteiger partial charge in [0.15, 0.2) is 0 Å². The van der Waals surface area contributed by atoms with Crippen molar-refractivity contribution in [2.45, 2.75) is 6.04 Å². The Morgan fingerprint density at radius 2 is 1.67 bits per heavy atom. The number of hydrogen-bond donors (Lipinski definition) is 1. The summed E-state index contributed by atoms with van der Waals surface area (Å²) >= 11 is 2.21. The summed E-state index contributed by atoms with van der Waals surface area (Å²) in [7, 11) is 1.77. The van der Waals surface area contributed by atoms with Gasteiger partial charge in [0.05, 0.1) is 6.04 Å². The summed E-state index contributed by atoms with van der Waals surface area (Å²) in [5.41, 5.74) is 1.56. The molecule has 2 aromatic rings. The van der Waals surface area contributed by atoms with Gasteiger partial charge in [-0.1, -0.05) is 12.1 Å². The molecule has 0 amide bonds. The van der Waals surface area contributed by atoms with Crippen molar-refractivity contribution in [2.75, 3.05) is 7.05 Å². The van der Waals surface area contributed by atoms with Crippen molar-refractivity contribution >= 4 is 22.6 Å². The Balaban J connectivity index is 2.45. The first kappa shape index (κ1) is 13.4. The van der Waals surface area contributed by atoms with Gasteiger partial charge in [-0.3, -0.25) is 0 Å². The highest BCUT2D eigenvalue weighted by Crippen LogP contribution is 2.24. The fraction of sp³-hybridized carbons (Fsp3) is 0.143. The molecule has 0 saturated heterocycles. The number of halogens is 3. The number of benzene rings is 2. The molecule has 1 unspecified atom stereocenters. The summed E-state index contributed by atoms with van der Waals surface area (Å²) in [6.07, 6.45) is 0. The summed E-state index contributed by atoms with van der Waals surface area (Å²) in [4.78, 5) is 0. The molecule has 0 fully saturated rings. The third-order valence-corrected chi connectivity index (χ3v) is 3.36. The highest BCUT2D eigenvalue weighted by Gasteiger charge is 2.14. The summed E-state index contributed by atoms with van der Waals surface area (Å²) in [5, 5.41) is 3.08. The molecule has 0 bridgehead atoms. The highest BCUT2D eigenvalue weighted by molar-refractivity contribution is 14.1. The normalized spacial score (nSPS) is 12.4. The van der Waals surface area contributed by atoms with Crippen LogP contribution in [0.2, 0.25) is 0 Å². The van der Waals surface area contributed by atoms with Crippen molar-refractivity contribution in [3.05, 3.63) is 68.8 Å². The number of hydrogen-bond acceptors (Lipinski definition) is 1. The zero-order valence-electron chi connectivity index (χ0n) is 9.75. The van der Waals surface area contributed by atoms with Gasteiger partial charge in [0.2, 0.25) is 0 Å². The van der Waals surface area contributed by atoms with E-state index in [-0.39, 0.29) is 6.04 Å². The zero-order chi connectivity index (χ0) is 13.1. The van der Waals surface area contributed by atoms with Crippen molar-refractivity contribution in [1.29, 1.82) is 0 Å². The lowest BCUT2D eigenvalue weighted by molar-refractivity contribution is 0.571. The van der Waals surface area contributed by atoms with Crippen molar-refractivity contribution < 1.29 is 8.78 Å². The molecule has 0 spiro atoms. The van der Waals surface area contributed by atoms with Crippen LogP contribution >= 0.6 is 22.6 Å². The van der Waals surface area contributed by atoms with Gasteiger partial charge in [-0.15, -0.1) is 0 Å². The smallest absolute Gasteiger partial charge is 0.126 e. The molecule has 1 N–H and O–H groups in total. The molecule has 2 rings (SSSR count). The molecule has 0 aliphatic carbocycles. The lowest BCUT2D eigenvalue weighted by Gasteiger charge is -2.17. The lowest BCUT2D eigenvalue weighted by Crippen LogP contribution is -2.18. The van der Waals surface area contributed by atoms with Crippen LogP contribution in [-0.2, 0) is 0 Å². The Hall–Kier alpha value is -1.01. The molecule has 0 saturated carbocycles. The van der Waals surface area contributed by atoms with Gasteiger partial charge < -0.3 is 5.32 Å². The number of nitrogens with one attached hydrogen (secondary N) is 1. The highest BCUT2D eigenvalue weighted by atomic mass is 127. The second-order valence-corrected chi connectivity index (χ2v) is 5.23. The first-order valence-corrected chi connectivity index (χ1v) is 6.57. The average Bonchev–Trinajstić information content (AvgIpc) is 2.28. The van der Waals surface area contributed by atoms with Crippen LogP contribution in [0.5, 0.6) is 0 Å². The second-order valence-electron chi connectivity index (χ2n) is 3.98. The SMILES string of the molecule is CNC(c1cc(F)cc(F)c1)c1cccc(I)c1. The molecule has 18 heavy (non-hydrogen) atoms. The Kier molecular flexibility index (Phi) is 4.29. The maximum Gasteiger partial charge on any atom is 0.126 e. The van der Waals surface area contributed by atoms with Crippen LogP contribution in [0, 0.1) is 15.2 Å². The van der Waals surface area contributed by atoms with Gasteiger partial charge in [0.25, 0.3) is 0 Å². The first-order valence-electron chi connectivity index (χ1n) is 5.49. The Morgan fingerprint density at radius 3 is 2.22 bits per heavy atom. The molecule has 0 aromatic heterocycles. The molecule has 0 radical (unpaired) electrons. The van der Waals surface area contributed by atoms with E-state index in [1.807, 2.05) is 24.3 Å². The van der Waals surface area contributed by atoms with E-state index in [1.165, 1.54) is 12.1 Å². The van der Waals surface area contributed by atoms with Crippen molar-refractivity contribution in [3.63, 3.8) is 0 Å². The van der Waals surface area contributed by atoms with Crippen molar-refractivity contribution in [3.8, 4) is 0 Å². The summed E-state index contributed by atoms with van der Waals surface area (Å²) in [6, 6.07) is 11.2. The largest absolute Gasteiger partial charge is 0.309 e. The molecular weight excluding hydrogens is 347 g/mol. The molecular formula is C14H12F2IN. The molecule has 1 atom stereocenters. The van der Waals surface area contributed by atoms with E-state index in [2.05, 4.69) is 27.9 Å². The fourth-order valence-corrected chi connectivity index (χ4v) is 2.52. The predicted molar refractivity (Wildman–Crippen MR) is 76.4 cm³/mol. The Labute approximate surface area is 118 Å². The molecule has 2 aromatic carbocycles. The minimum Gasteiger partial charge on any atom is -0.309 e. The minimum absolute atomic E-state index is 0.218. The molecule has 0 heterocycles. The summed E-state index contributed by atoms with van der Waals surface area (Å²) < 4.78 is 27.6. The van der Waals surface area contributed by atoms with E-state index in [9.17, 15) is 8.78 Å². The monoisotopic (exact) mass is 359 g/mol. The van der Waals surface area contributed by atoms with E-state index in [1.54, 1.807) is 7.05 Å². The standard InChI is InChI=1S/C14H12F2IN/c1-18-14(9-3-2-4-13(17)7-9)10-5-11(15)8-12(16)6-10/h2-8,14,18H,1H3. The van der Waals surface area contributed by atoms with E-state index in [4.69, 9.17) is 0 Å². The van der Waals surface area contributed by atoms with Gasteiger partial charge in [-0.2, -0.15) is 0 Å². The van der Waals surface area contributed by atoms with E-state index >= 15 is 0 Å². The Morgan fingerprint density at radius 1 is 1.00 bits per heavy atom. The maximum absolute atomic E-state index is 13.3. The number of rotatable bonds is 3. The van der Waals surface area contributed by atoms with Crippen LogP contribution < -0.4 is 5.32 Å². The van der Waals surface area contributed by atoms with Crippen LogP contribution in [0.4, 0.5) is 8.78 Å². The van der Waals surface area contributed by atoms with Crippen LogP contribution in [-0.4, -0.2) is 7.05 Å². The molecule has 0 aliphatic heterocycles. The van der Waals surface area contributed by atoms with E-state index < -0.39 is 11.6 Å². The van der Waals surface area contributed by atoms with Gasteiger partial charge in [-0.25, -0.2) is 8.78 Å². The minimum atomic E-state index is -0.559. The molecule has 94 valence electrons. The van der Waals surface area contributed by atoms with Crippen LogP contribution in [0.25, 0.3) is 0 Å². The van der Waals surface area contributed by atoms with Gasteiger partial charge in [0.1, 0.15) is 11.6 Å². The summed E-state index contributed by atoms with van der Waals surface area (Å²) in [5.74, 6) is -1.12.